The monoisotopic (exact) mass is 310 g/mol. The van der Waals surface area contributed by atoms with E-state index in [1.807, 2.05) is 30.1 Å². The molecule has 2 rings (SSSR count). The first-order valence-corrected chi connectivity index (χ1v) is 7.65. The number of piperidine rings is 1. The Labute approximate surface area is 134 Å². The Morgan fingerprint density at radius 3 is 2.71 bits per heavy atom. The molecule has 1 aromatic rings. The number of nitrogens with zero attached hydrogens (tertiary/aromatic N) is 1. The van der Waals surface area contributed by atoms with Gasteiger partial charge < -0.3 is 10.2 Å². The number of amides is 1. The van der Waals surface area contributed by atoms with Crippen LogP contribution in [0.25, 0.3) is 0 Å². The fourth-order valence-corrected chi connectivity index (χ4v) is 2.91. The summed E-state index contributed by atoms with van der Waals surface area (Å²) in [5.74, 6) is 1.37. The molecule has 0 aliphatic carbocycles. The average Bonchev–Trinajstić information content (AvgIpc) is 2.49. The topological polar surface area (TPSA) is 32.3 Å². The van der Waals surface area contributed by atoms with Gasteiger partial charge in [-0.25, -0.2) is 0 Å². The first-order chi connectivity index (χ1) is 9.66. The number of halogens is 1. The highest BCUT2D eigenvalue weighted by Gasteiger charge is 2.23. The predicted octanol–water partition coefficient (Wildman–Crippen LogP) is 3.09. The lowest BCUT2D eigenvalue weighted by atomic mass is 9.85. The third-order valence-electron chi connectivity index (χ3n) is 4.32. The smallest absolute Gasteiger partial charge is 0.222 e. The number of hydrogen-bond acceptors (Lipinski definition) is 2. The quantitative estimate of drug-likeness (QED) is 0.906. The molecule has 2 unspecified atom stereocenters. The third kappa shape index (κ3) is 5.68. The van der Waals surface area contributed by atoms with Crippen molar-refractivity contribution in [3.05, 3.63) is 35.9 Å². The zero-order valence-corrected chi connectivity index (χ0v) is 13.9. The van der Waals surface area contributed by atoms with Crippen LogP contribution in [0.15, 0.2) is 30.3 Å². The Morgan fingerprint density at radius 2 is 2.10 bits per heavy atom. The van der Waals surface area contributed by atoms with Gasteiger partial charge in [0.15, 0.2) is 0 Å². The summed E-state index contributed by atoms with van der Waals surface area (Å²) in [5.41, 5.74) is 1.19. The third-order valence-corrected chi connectivity index (χ3v) is 4.32. The van der Waals surface area contributed by atoms with Crippen molar-refractivity contribution < 1.29 is 4.79 Å². The number of hydrogen-bond donors (Lipinski definition) is 1. The fraction of sp³-hybridized carbons (Fsp3) is 0.588. The molecule has 0 radical (unpaired) electrons. The van der Waals surface area contributed by atoms with Gasteiger partial charge in [0.1, 0.15) is 0 Å². The summed E-state index contributed by atoms with van der Waals surface area (Å²) in [6.45, 7) is 5.11. The van der Waals surface area contributed by atoms with Crippen LogP contribution in [0.5, 0.6) is 0 Å². The van der Waals surface area contributed by atoms with E-state index in [-0.39, 0.29) is 18.3 Å². The normalized spacial score (nSPS) is 19.4. The molecule has 1 aromatic carbocycles. The van der Waals surface area contributed by atoms with Crippen molar-refractivity contribution in [1.29, 1.82) is 0 Å². The molecule has 1 N–H and O–H groups in total. The van der Waals surface area contributed by atoms with Gasteiger partial charge in [-0.05, 0) is 43.3 Å². The van der Waals surface area contributed by atoms with Gasteiger partial charge >= 0.3 is 0 Å². The van der Waals surface area contributed by atoms with Crippen molar-refractivity contribution >= 4 is 18.3 Å². The van der Waals surface area contributed by atoms with Gasteiger partial charge in [0.05, 0.1) is 0 Å². The number of carbonyl (C=O) groups is 1. The minimum absolute atomic E-state index is 0. The molecular weight excluding hydrogens is 284 g/mol. The largest absolute Gasteiger partial charge is 0.341 e. The zero-order chi connectivity index (χ0) is 14.4. The number of nitrogens with one attached hydrogen (secondary N) is 1. The molecule has 0 saturated carbocycles. The maximum absolute atomic E-state index is 12.3. The van der Waals surface area contributed by atoms with Gasteiger partial charge in [-0.3, -0.25) is 4.79 Å². The van der Waals surface area contributed by atoms with Crippen LogP contribution in [-0.4, -0.2) is 30.9 Å². The van der Waals surface area contributed by atoms with Crippen LogP contribution in [0.4, 0.5) is 0 Å². The Hall–Kier alpha value is -1.06. The highest BCUT2D eigenvalue weighted by Crippen LogP contribution is 2.23. The minimum Gasteiger partial charge on any atom is -0.341 e. The Bertz CT molecular complexity index is 418. The van der Waals surface area contributed by atoms with E-state index in [0.717, 1.165) is 13.1 Å². The Morgan fingerprint density at radius 1 is 1.38 bits per heavy atom. The van der Waals surface area contributed by atoms with Crippen molar-refractivity contribution in [2.75, 3.05) is 20.1 Å². The van der Waals surface area contributed by atoms with Crippen LogP contribution in [0.3, 0.4) is 0 Å². The summed E-state index contributed by atoms with van der Waals surface area (Å²) in [5, 5.41) is 3.43. The van der Waals surface area contributed by atoms with Gasteiger partial charge in [-0.15, -0.1) is 12.4 Å². The van der Waals surface area contributed by atoms with E-state index in [4.69, 9.17) is 0 Å². The first-order valence-electron chi connectivity index (χ1n) is 7.65. The molecule has 0 bridgehead atoms. The molecule has 0 spiro atoms. The van der Waals surface area contributed by atoms with Gasteiger partial charge in [-0.1, -0.05) is 37.3 Å². The lowest BCUT2D eigenvalue weighted by Crippen LogP contribution is -2.36. The SMILES string of the molecule is CC(CC(=O)N(C)Cc1ccccc1)C1CCCNC1.Cl. The first kappa shape index (κ1) is 18.0. The van der Waals surface area contributed by atoms with Crippen LogP contribution in [0, 0.1) is 11.8 Å². The minimum atomic E-state index is 0. The van der Waals surface area contributed by atoms with Gasteiger partial charge in [-0.2, -0.15) is 0 Å². The van der Waals surface area contributed by atoms with Crippen molar-refractivity contribution in [3.63, 3.8) is 0 Å². The molecule has 1 fully saturated rings. The molecule has 0 aromatic heterocycles. The number of carbonyl (C=O) groups excluding carboxylic acids is 1. The van der Waals surface area contributed by atoms with Crippen LogP contribution in [0.1, 0.15) is 31.7 Å². The van der Waals surface area contributed by atoms with Crippen LogP contribution < -0.4 is 5.32 Å². The van der Waals surface area contributed by atoms with E-state index in [0.29, 0.717) is 24.8 Å². The van der Waals surface area contributed by atoms with Crippen LogP contribution in [0.2, 0.25) is 0 Å². The van der Waals surface area contributed by atoms with E-state index in [9.17, 15) is 4.79 Å². The summed E-state index contributed by atoms with van der Waals surface area (Å²) in [6, 6.07) is 10.2. The van der Waals surface area contributed by atoms with Gasteiger partial charge in [0, 0.05) is 20.0 Å². The van der Waals surface area contributed by atoms with Crippen molar-refractivity contribution in [3.8, 4) is 0 Å². The molecule has 1 amide bonds. The molecule has 1 aliphatic heterocycles. The highest BCUT2D eigenvalue weighted by atomic mass is 35.5. The lowest BCUT2D eigenvalue weighted by Gasteiger charge is -2.29. The van der Waals surface area contributed by atoms with Crippen LogP contribution in [-0.2, 0) is 11.3 Å². The summed E-state index contributed by atoms with van der Waals surface area (Å²) in [7, 11) is 1.90. The fourth-order valence-electron chi connectivity index (χ4n) is 2.91. The Kier molecular flexibility index (Phi) is 7.76. The lowest BCUT2D eigenvalue weighted by molar-refractivity contribution is -0.131. The molecule has 21 heavy (non-hydrogen) atoms. The maximum Gasteiger partial charge on any atom is 0.222 e. The van der Waals surface area contributed by atoms with E-state index in [2.05, 4.69) is 24.4 Å². The van der Waals surface area contributed by atoms with E-state index >= 15 is 0 Å². The van der Waals surface area contributed by atoms with E-state index in [1.165, 1.54) is 18.4 Å². The molecule has 118 valence electrons. The molecule has 2 atom stereocenters. The maximum atomic E-state index is 12.3. The molecule has 1 heterocycles. The van der Waals surface area contributed by atoms with Gasteiger partial charge in [0.25, 0.3) is 0 Å². The van der Waals surface area contributed by atoms with E-state index in [1.54, 1.807) is 0 Å². The molecule has 3 nitrogen and oxygen atoms in total. The van der Waals surface area contributed by atoms with Crippen LogP contribution >= 0.6 is 12.4 Å². The number of rotatable bonds is 5. The average molecular weight is 311 g/mol. The summed E-state index contributed by atoms with van der Waals surface area (Å²) in [4.78, 5) is 14.2. The van der Waals surface area contributed by atoms with Crippen molar-refractivity contribution in [2.45, 2.75) is 32.7 Å². The number of benzene rings is 1. The summed E-state index contributed by atoms with van der Waals surface area (Å²) < 4.78 is 0. The van der Waals surface area contributed by atoms with Crippen molar-refractivity contribution in [1.82, 2.24) is 10.2 Å². The predicted molar refractivity (Wildman–Crippen MR) is 89.5 cm³/mol. The second-order valence-electron chi connectivity index (χ2n) is 6.02. The van der Waals surface area contributed by atoms with E-state index < -0.39 is 0 Å². The van der Waals surface area contributed by atoms with Gasteiger partial charge in [0.2, 0.25) is 5.91 Å². The summed E-state index contributed by atoms with van der Waals surface area (Å²) in [6.07, 6.45) is 3.16. The standard InChI is InChI=1S/C17H26N2O.ClH/c1-14(16-9-6-10-18-12-16)11-17(20)19(2)13-15-7-4-3-5-8-15;/h3-5,7-8,14,16,18H,6,9-13H2,1-2H3;1H. The molecular formula is C17H27ClN2O. The molecule has 1 aliphatic rings. The Balaban J connectivity index is 0.00000220. The molecule has 4 heteroatoms. The summed E-state index contributed by atoms with van der Waals surface area (Å²) >= 11 is 0. The highest BCUT2D eigenvalue weighted by molar-refractivity contribution is 5.85. The molecule has 1 saturated heterocycles. The zero-order valence-electron chi connectivity index (χ0n) is 13.0. The van der Waals surface area contributed by atoms with Crippen molar-refractivity contribution in [2.24, 2.45) is 11.8 Å². The second-order valence-corrected chi connectivity index (χ2v) is 6.02. The second kappa shape index (κ2) is 9.06.